The molecule has 0 aliphatic carbocycles. The average Bonchev–Trinajstić information content (AvgIpc) is 2.20. The Kier molecular flexibility index (Phi) is 9.81. The summed E-state index contributed by atoms with van der Waals surface area (Å²) in [7, 11) is -10.8. The van der Waals surface area contributed by atoms with Gasteiger partial charge in [-0.3, -0.25) is 0 Å². The van der Waals surface area contributed by atoms with Gasteiger partial charge in [0, 0.05) is 0 Å². The van der Waals surface area contributed by atoms with Gasteiger partial charge in [-0.2, -0.15) is 13.2 Å². The van der Waals surface area contributed by atoms with E-state index in [-0.39, 0.29) is 32.1 Å². The minimum Gasteiger partial charge on any atom is -0.499 e. The molecule has 13 heteroatoms. The maximum atomic E-state index is 11.9. The normalized spacial score (nSPS) is 12.6. The molecule has 0 aromatic carbocycles. The Morgan fingerprint density at radius 3 is 2.10 bits per heavy atom. The smallest absolute Gasteiger partial charge is 0.499 e. The van der Waals surface area contributed by atoms with E-state index in [2.05, 4.69) is 16.1 Å². The predicted molar refractivity (Wildman–Crippen MR) is 59.1 cm³/mol. The van der Waals surface area contributed by atoms with E-state index < -0.39 is 37.9 Å². The largest absolute Gasteiger partial charge is 1.00 e. The number of hydrogen-bond acceptors (Lipinski definition) is 6. The van der Waals surface area contributed by atoms with Crippen LogP contribution in [0.2, 0.25) is 0 Å². The van der Waals surface area contributed by atoms with Crippen molar-refractivity contribution in [3.8, 4) is 0 Å². The van der Waals surface area contributed by atoms with Gasteiger partial charge in [-0.25, -0.2) is 16.8 Å². The van der Waals surface area contributed by atoms with Crippen molar-refractivity contribution in [2.45, 2.75) is 5.51 Å². The van der Waals surface area contributed by atoms with Crippen LogP contribution in [0.4, 0.5) is 13.2 Å². The van der Waals surface area contributed by atoms with E-state index in [9.17, 15) is 30.0 Å². The van der Waals surface area contributed by atoms with Crippen LogP contribution in [0.5, 0.6) is 0 Å². The van der Waals surface area contributed by atoms with Gasteiger partial charge >= 0.3 is 24.4 Å². The van der Waals surface area contributed by atoms with Crippen molar-refractivity contribution in [3.63, 3.8) is 0 Å². The maximum absolute atomic E-state index is 11.9. The first-order valence-corrected chi connectivity index (χ1v) is 7.65. The van der Waals surface area contributed by atoms with Gasteiger partial charge in [0.15, 0.2) is 10.0 Å². The van der Waals surface area contributed by atoms with E-state index in [1.165, 1.54) is 0 Å². The molecule has 0 unspecified atom stereocenters. The Hall–Kier alpha value is -0.253. The van der Waals surface area contributed by atoms with E-state index in [0.29, 0.717) is 0 Å². The summed E-state index contributed by atoms with van der Waals surface area (Å²) in [6.45, 7) is 2.74. The molecule has 0 spiro atoms. The number of hydrogen-bond donors (Lipinski definition) is 0. The van der Waals surface area contributed by atoms with Gasteiger partial charge in [0.25, 0.3) is 0 Å². The number of sulfonamides is 2. The molecule has 0 aromatic rings. The third-order valence-corrected chi connectivity index (χ3v) is 4.41. The molecule has 0 radical (unpaired) electrons. The summed E-state index contributed by atoms with van der Waals surface area (Å²) in [5.74, 6) is -0.990. The first kappa shape index (κ1) is 22.0. The quantitative estimate of drug-likeness (QED) is 0.268. The van der Waals surface area contributed by atoms with Crippen molar-refractivity contribution < 1.29 is 58.3 Å². The van der Waals surface area contributed by atoms with Crippen LogP contribution in [-0.2, 0) is 29.5 Å². The predicted octanol–water partition coefficient (Wildman–Crippen LogP) is -2.28. The molecule has 0 amide bonds. The second-order valence-corrected chi connectivity index (χ2v) is 6.51. The fourth-order valence-electron chi connectivity index (χ4n) is 0.686. The second kappa shape index (κ2) is 8.91. The SMILES string of the molecule is C=COCCOCCS(=O)(=O)[N-]S(=O)(=O)C(F)(F)F.[Li+]. The minimum absolute atomic E-state index is 0. The molecule has 0 aromatic heterocycles. The molecule has 0 rings (SSSR count). The maximum Gasteiger partial charge on any atom is 1.00 e. The first-order valence-electron chi connectivity index (χ1n) is 4.60. The van der Waals surface area contributed by atoms with Crippen molar-refractivity contribution in [2.24, 2.45) is 0 Å². The Labute approximate surface area is 126 Å². The molecule has 114 valence electrons. The molecule has 0 aliphatic heterocycles. The van der Waals surface area contributed by atoms with E-state index >= 15 is 0 Å². The molecule has 0 N–H and O–H groups in total. The summed E-state index contributed by atoms with van der Waals surface area (Å²) in [5, 5.41) is 0. The Bertz CT molecular complexity index is 489. The summed E-state index contributed by atoms with van der Waals surface area (Å²) in [4.78, 5) is 0. The standard InChI is InChI=1S/C7H11F3NO6S2.Li/c1-2-16-3-4-17-5-6-18(12,13)11-19(14,15)7(8,9)10;/h2H,1,3-6H2;/q-1;+1. The number of nitrogens with zero attached hydrogens (tertiary/aromatic N) is 1. The average molecular weight is 333 g/mol. The molecule has 0 saturated heterocycles. The fraction of sp³-hybridized carbons (Fsp3) is 0.714. The third kappa shape index (κ3) is 8.83. The zero-order valence-electron chi connectivity index (χ0n) is 10.5. The fourth-order valence-corrected chi connectivity index (χ4v) is 2.85. The molecule has 0 heterocycles. The van der Waals surface area contributed by atoms with Gasteiger partial charge in [-0.05, 0) is 0 Å². The molecule has 0 aliphatic rings. The van der Waals surface area contributed by atoms with E-state index in [0.717, 1.165) is 6.26 Å². The van der Waals surface area contributed by atoms with Gasteiger partial charge in [0.1, 0.15) is 6.61 Å². The molecule has 7 nitrogen and oxygen atoms in total. The van der Waals surface area contributed by atoms with E-state index in [1.807, 2.05) is 4.13 Å². The molecule has 0 atom stereocenters. The third-order valence-electron chi connectivity index (χ3n) is 1.45. The number of alkyl halides is 3. The van der Waals surface area contributed by atoms with E-state index in [1.54, 1.807) is 0 Å². The molecule has 20 heavy (non-hydrogen) atoms. The van der Waals surface area contributed by atoms with Crippen LogP contribution in [0.3, 0.4) is 0 Å². The van der Waals surface area contributed by atoms with Gasteiger partial charge < -0.3 is 13.6 Å². The van der Waals surface area contributed by atoms with Gasteiger partial charge in [-0.1, -0.05) is 6.58 Å². The summed E-state index contributed by atoms with van der Waals surface area (Å²) in [6.07, 6.45) is 1.12. The Morgan fingerprint density at radius 2 is 1.65 bits per heavy atom. The molecule has 0 bridgehead atoms. The van der Waals surface area contributed by atoms with Crippen molar-refractivity contribution in [2.75, 3.05) is 25.6 Å². The zero-order valence-corrected chi connectivity index (χ0v) is 12.1. The Morgan fingerprint density at radius 1 is 1.10 bits per heavy atom. The van der Waals surface area contributed by atoms with Crippen LogP contribution in [-0.4, -0.2) is 47.9 Å². The van der Waals surface area contributed by atoms with Crippen LogP contribution < -0.4 is 18.9 Å². The zero-order chi connectivity index (χ0) is 15.2. The van der Waals surface area contributed by atoms with Crippen molar-refractivity contribution >= 4 is 20.0 Å². The van der Waals surface area contributed by atoms with Crippen molar-refractivity contribution in [1.29, 1.82) is 0 Å². The van der Waals surface area contributed by atoms with E-state index in [4.69, 9.17) is 0 Å². The van der Waals surface area contributed by atoms with Crippen LogP contribution in [0.25, 0.3) is 4.13 Å². The van der Waals surface area contributed by atoms with Gasteiger partial charge in [-0.15, -0.1) is 0 Å². The second-order valence-electron chi connectivity index (χ2n) is 2.93. The van der Waals surface area contributed by atoms with Crippen LogP contribution >= 0.6 is 0 Å². The Balaban J connectivity index is 0. The number of rotatable bonds is 9. The summed E-state index contributed by atoms with van der Waals surface area (Å²) < 4.78 is 89.8. The molecular formula is C7H11F3LiNO6S2. The number of ether oxygens (including phenoxy) is 2. The molecular weight excluding hydrogens is 322 g/mol. The van der Waals surface area contributed by atoms with Gasteiger partial charge in [0.2, 0.25) is 0 Å². The van der Waals surface area contributed by atoms with Gasteiger partial charge in [0.05, 0.1) is 35.3 Å². The molecule has 0 fully saturated rings. The topological polar surface area (TPSA) is 101 Å². The number of halogens is 3. The minimum atomic E-state index is -6.06. The summed E-state index contributed by atoms with van der Waals surface area (Å²) in [5.41, 5.74) is -5.75. The monoisotopic (exact) mass is 333 g/mol. The summed E-state index contributed by atoms with van der Waals surface area (Å²) in [6, 6.07) is 0. The molecule has 0 saturated carbocycles. The van der Waals surface area contributed by atoms with Crippen LogP contribution in [0.1, 0.15) is 0 Å². The summed E-state index contributed by atoms with van der Waals surface area (Å²) >= 11 is 0. The van der Waals surface area contributed by atoms with Crippen molar-refractivity contribution in [3.05, 3.63) is 17.0 Å². The van der Waals surface area contributed by atoms with Crippen LogP contribution in [0, 0.1) is 0 Å². The van der Waals surface area contributed by atoms with Crippen LogP contribution in [0.15, 0.2) is 12.8 Å². The van der Waals surface area contributed by atoms with Crippen molar-refractivity contribution in [1.82, 2.24) is 0 Å². The first-order chi connectivity index (χ1) is 8.52.